The van der Waals surface area contributed by atoms with E-state index in [2.05, 4.69) is 20.6 Å². The van der Waals surface area contributed by atoms with E-state index < -0.39 is 12.1 Å². The summed E-state index contributed by atoms with van der Waals surface area (Å²) < 4.78 is 38.9. The van der Waals surface area contributed by atoms with Crippen LogP contribution in [-0.4, -0.2) is 36.3 Å². The van der Waals surface area contributed by atoms with Crippen molar-refractivity contribution in [3.05, 3.63) is 15.6 Å². The minimum absolute atomic E-state index is 0.126. The normalized spacial score (nSPS) is 22.1. The lowest BCUT2D eigenvalue weighted by atomic mass is 9.85. The van der Waals surface area contributed by atoms with Gasteiger partial charge in [0.25, 0.3) is 0 Å². The molecule has 142 valence electrons. The summed E-state index contributed by atoms with van der Waals surface area (Å²) in [5, 5.41) is 7.37. The van der Waals surface area contributed by atoms with Crippen molar-refractivity contribution < 1.29 is 13.2 Å². The van der Waals surface area contributed by atoms with Crippen molar-refractivity contribution in [1.29, 1.82) is 0 Å². The van der Waals surface area contributed by atoms with Gasteiger partial charge in [-0.05, 0) is 40.0 Å². The Bertz CT molecular complexity index is 583. The highest BCUT2D eigenvalue weighted by atomic mass is 32.1. The Morgan fingerprint density at radius 2 is 2.08 bits per heavy atom. The molecule has 0 radical (unpaired) electrons. The van der Waals surface area contributed by atoms with Crippen LogP contribution in [0.15, 0.2) is 4.99 Å². The Kier molecular flexibility index (Phi) is 7.10. The zero-order chi connectivity index (χ0) is 18.4. The fraction of sp³-hybridized carbons (Fsp3) is 0.765. The summed E-state index contributed by atoms with van der Waals surface area (Å²) in [4.78, 5) is 10.1. The SMILES string of the molecule is CCNC(=NCCc1sc(C)nc1C)NC1CCCC(C(F)(F)F)C1. The highest BCUT2D eigenvalue weighted by molar-refractivity contribution is 7.11. The first-order valence-electron chi connectivity index (χ1n) is 8.84. The summed E-state index contributed by atoms with van der Waals surface area (Å²) in [6.45, 7) is 7.20. The fourth-order valence-corrected chi connectivity index (χ4v) is 4.13. The summed E-state index contributed by atoms with van der Waals surface area (Å²) in [6.07, 6.45) is -1.59. The largest absolute Gasteiger partial charge is 0.391 e. The van der Waals surface area contributed by atoms with Crippen LogP contribution in [0.4, 0.5) is 13.2 Å². The smallest absolute Gasteiger partial charge is 0.357 e. The minimum atomic E-state index is -4.10. The maximum absolute atomic E-state index is 13.0. The number of nitrogens with zero attached hydrogens (tertiary/aromatic N) is 2. The lowest BCUT2D eigenvalue weighted by molar-refractivity contribution is -0.183. The molecule has 0 spiro atoms. The summed E-state index contributed by atoms with van der Waals surface area (Å²) >= 11 is 1.67. The monoisotopic (exact) mass is 376 g/mol. The molecule has 8 heteroatoms. The van der Waals surface area contributed by atoms with Crippen molar-refractivity contribution in [2.45, 2.75) is 65.1 Å². The van der Waals surface area contributed by atoms with Gasteiger partial charge in [-0.2, -0.15) is 13.2 Å². The van der Waals surface area contributed by atoms with Crippen LogP contribution < -0.4 is 10.6 Å². The van der Waals surface area contributed by atoms with E-state index >= 15 is 0 Å². The fourth-order valence-electron chi connectivity index (χ4n) is 3.21. The number of nitrogens with one attached hydrogen (secondary N) is 2. The Balaban J connectivity index is 1.91. The van der Waals surface area contributed by atoms with E-state index in [0.717, 1.165) is 23.5 Å². The Labute approximate surface area is 151 Å². The number of thiazole rings is 1. The van der Waals surface area contributed by atoms with E-state index in [1.54, 1.807) is 11.3 Å². The molecule has 2 unspecified atom stereocenters. The third-order valence-corrected chi connectivity index (χ3v) is 5.56. The van der Waals surface area contributed by atoms with Crippen LogP contribution in [0.1, 0.15) is 48.2 Å². The van der Waals surface area contributed by atoms with Gasteiger partial charge in [0.15, 0.2) is 5.96 Å². The quantitative estimate of drug-likeness (QED) is 0.604. The Hall–Kier alpha value is -1.31. The van der Waals surface area contributed by atoms with E-state index in [1.165, 1.54) is 4.88 Å². The molecule has 2 atom stereocenters. The zero-order valence-electron chi connectivity index (χ0n) is 15.0. The van der Waals surface area contributed by atoms with Crippen molar-refractivity contribution in [1.82, 2.24) is 15.6 Å². The van der Waals surface area contributed by atoms with Crippen LogP contribution in [0, 0.1) is 19.8 Å². The number of hydrogen-bond acceptors (Lipinski definition) is 3. The van der Waals surface area contributed by atoms with E-state index in [0.29, 0.717) is 25.5 Å². The van der Waals surface area contributed by atoms with Gasteiger partial charge < -0.3 is 10.6 Å². The van der Waals surface area contributed by atoms with Gasteiger partial charge in [-0.25, -0.2) is 4.98 Å². The number of aliphatic imine (C=N–C) groups is 1. The van der Waals surface area contributed by atoms with Crippen molar-refractivity contribution in [3.63, 3.8) is 0 Å². The van der Waals surface area contributed by atoms with Gasteiger partial charge in [0.1, 0.15) is 0 Å². The first-order valence-corrected chi connectivity index (χ1v) is 9.65. The third-order valence-electron chi connectivity index (χ3n) is 4.43. The third kappa shape index (κ3) is 6.17. The van der Waals surface area contributed by atoms with Gasteiger partial charge in [0, 0.05) is 30.4 Å². The maximum atomic E-state index is 13.0. The van der Waals surface area contributed by atoms with Gasteiger partial charge in [0.2, 0.25) is 0 Å². The lowest BCUT2D eigenvalue weighted by Crippen LogP contribution is -2.46. The molecule has 0 amide bonds. The van der Waals surface area contributed by atoms with Gasteiger partial charge in [0.05, 0.1) is 16.6 Å². The zero-order valence-corrected chi connectivity index (χ0v) is 15.9. The molecule has 1 fully saturated rings. The minimum Gasteiger partial charge on any atom is -0.357 e. The molecule has 1 aliphatic rings. The molecule has 0 bridgehead atoms. The summed E-state index contributed by atoms with van der Waals surface area (Å²) in [5.74, 6) is -0.598. The second kappa shape index (κ2) is 8.87. The summed E-state index contributed by atoms with van der Waals surface area (Å²) in [7, 11) is 0. The number of alkyl halides is 3. The van der Waals surface area contributed by atoms with Gasteiger partial charge in [-0.1, -0.05) is 6.42 Å². The standard InChI is InChI=1S/C17H27F3N4S/c1-4-21-16(22-9-8-15-11(2)23-12(3)25-15)24-14-7-5-6-13(10-14)17(18,19)20/h13-14H,4-10H2,1-3H3,(H2,21,22,24). The van der Waals surface area contributed by atoms with Crippen molar-refractivity contribution in [3.8, 4) is 0 Å². The van der Waals surface area contributed by atoms with Crippen LogP contribution in [0.5, 0.6) is 0 Å². The second-order valence-electron chi connectivity index (χ2n) is 6.50. The second-order valence-corrected chi connectivity index (χ2v) is 7.79. The van der Waals surface area contributed by atoms with Crippen molar-refractivity contribution in [2.75, 3.05) is 13.1 Å². The molecular weight excluding hydrogens is 349 g/mol. The number of rotatable bonds is 5. The Morgan fingerprint density at radius 1 is 1.32 bits per heavy atom. The molecule has 1 saturated carbocycles. The van der Waals surface area contributed by atoms with Crippen LogP contribution >= 0.6 is 11.3 Å². The molecule has 2 N–H and O–H groups in total. The van der Waals surface area contributed by atoms with Crippen LogP contribution in [0.3, 0.4) is 0 Å². The molecule has 0 aromatic carbocycles. The molecule has 25 heavy (non-hydrogen) atoms. The number of halogens is 3. The van der Waals surface area contributed by atoms with E-state index in [4.69, 9.17) is 0 Å². The van der Waals surface area contributed by atoms with Gasteiger partial charge >= 0.3 is 6.18 Å². The molecule has 0 saturated heterocycles. The van der Waals surface area contributed by atoms with Crippen LogP contribution in [0.2, 0.25) is 0 Å². The van der Waals surface area contributed by atoms with Gasteiger partial charge in [-0.15, -0.1) is 11.3 Å². The predicted molar refractivity (Wildman–Crippen MR) is 96.2 cm³/mol. The molecule has 1 aromatic heterocycles. The Morgan fingerprint density at radius 3 is 2.68 bits per heavy atom. The number of aromatic nitrogens is 1. The molecule has 1 heterocycles. The number of hydrogen-bond donors (Lipinski definition) is 2. The molecule has 2 rings (SSSR count). The van der Waals surface area contributed by atoms with E-state index in [1.807, 2.05) is 20.8 Å². The summed E-state index contributed by atoms with van der Waals surface area (Å²) in [5.41, 5.74) is 1.04. The molecule has 4 nitrogen and oxygen atoms in total. The number of guanidine groups is 1. The van der Waals surface area contributed by atoms with Crippen LogP contribution in [-0.2, 0) is 6.42 Å². The van der Waals surface area contributed by atoms with Crippen LogP contribution in [0.25, 0.3) is 0 Å². The van der Waals surface area contributed by atoms with E-state index in [-0.39, 0.29) is 18.9 Å². The maximum Gasteiger partial charge on any atom is 0.391 e. The predicted octanol–water partition coefficient (Wildman–Crippen LogP) is 3.98. The highest BCUT2D eigenvalue weighted by Gasteiger charge is 2.42. The first-order chi connectivity index (χ1) is 11.8. The molecule has 1 aromatic rings. The molecule has 0 aliphatic heterocycles. The average molecular weight is 376 g/mol. The summed E-state index contributed by atoms with van der Waals surface area (Å²) in [6, 6.07) is -0.175. The number of aryl methyl sites for hydroxylation is 2. The highest BCUT2D eigenvalue weighted by Crippen LogP contribution is 2.37. The van der Waals surface area contributed by atoms with Crippen molar-refractivity contribution in [2.24, 2.45) is 10.9 Å². The van der Waals surface area contributed by atoms with Gasteiger partial charge in [-0.3, -0.25) is 4.99 Å². The molecular formula is C17H27F3N4S. The first kappa shape index (κ1) is 20.0. The average Bonchev–Trinajstić information content (AvgIpc) is 2.85. The van der Waals surface area contributed by atoms with Crippen molar-refractivity contribution >= 4 is 17.3 Å². The topological polar surface area (TPSA) is 49.3 Å². The lowest BCUT2D eigenvalue weighted by Gasteiger charge is -2.31. The van der Waals surface area contributed by atoms with E-state index in [9.17, 15) is 13.2 Å². The molecule has 1 aliphatic carbocycles.